The first-order valence-corrected chi connectivity index (χ1v) is 23.8. The summed E-state index contributed by atoms with van der Waals surface area (Å²) in [6, 6.07) is 40.1. The molecule has 0 bridgehead atoms. The standard InChI is InChI=1S/C60H57F2NO4/c1-6-7-8-9-37-10-12-38(13-11-37)39-14-16-41(17-15-39)58(64)63-46-25-18-40(19-26-46)42-20-31-52-50(34-42)54-51-35-45(61)36-53(62)55(51)57-49(56(54)59(52,2)3)32-33-60(67-57,43-21-27-47(65-4)28-22-43)44-23-29-48(66-5)30-24-44/h14-38H,6-13H2,1-5H3,(H,63,64)/t37-,38-. The molecule has 1 saturated carbocycles. The molecule has 340 valence electrons. The number of carbonyl (C=O) groups is 1. The maximum absolute atomic E-state index is 16.6. The second-order valence-corrected chi connectivity index (χ2v) is 19.2. The molecule has 3 aliphatic rings. The molecule has 1 aliphatic heterocycles. The van der Waals surface area contributed by atoms with Crippen LogP contribution in [0.1, 0.15) is 122 Å². The van der Waals surface area contributed by atoms with Crippen molar-refractivity contribution in [1.29, 1.82) is 0 Å². The Kier molecular flexibility index (Phi) is 11.7. The van der Waals surface area contributed by atoms with Gasteiger partial charge in [-0.05, 0) is 149 Å². The van der Waals surface area contributed by atoms with Crippen molar-refractivity contribution in [2.45, 2.75) is 89.1 Å². The number of anilines is 1. The Balaban J connectivity index is 0.955. The summed E-state index contributed by atoms with van der Waals surface area (Å²) < 4.78 is 50.4. The minimum Gasteiger partial charge on any atom is -0.497 e. The molecule has 2 aliphatic carbocycles. The minimum atomic E-state index is -1.17. The van der Waals surface area contributed by atoms with Gasteiger partial charge in [0.05, 0.1) is 19.6 Å². The SMILES string of the molecule is CCCCC[C@H]1CC[C@H](c2ccc(C(=O)Nc3ccc(-c4ccc5c(c4)-c4c(c6c(c7c(F)cc(F)cc47)OC(c4ccc(OC)cc4)(c4ccc(OC)cc4)C=C6)C5(C)C)cc3)cc2)CC1. The predicted molar refractivity (Wildman–Crippen MR) is 267 cm³/mol. The summed E-state index contributed by atoms with van der Waals surface area (Å²) in [6.07, 6.45) is 14.5. The number of carbonyl (C=O) groups excluding carboxylic acids is 1. The van der Waals surface area contributed by atoms with Crippen LogP contribution in [0, 0.1) is 17.6 Å². The summed E-state index contributed by atoms with van der Waals surface area (Å²) in [4.78, 5) is 13.4. The molecule has 1 N–H and O–H groups in total. The van der Waals surface area contributed by atoms with Gasteiger partial charge in [0.15, 0.2) is 5.60 Å². The van der Waals surface area contributed by atoms with Crippen LogP contribution in [-0.2, 0) is 11.0 Å². The van der Waals surface area contributed by atoms with Crippen LogP contribution in [0.3, 0.4) is 0 Å². The van der Waals surface area contributed by atoms with Crippen LogP contribution < -0.4 is 19.5 Å². The number of unbranched alkanes of at least 4 members (excludes halogenated alkanes) is 2. The number of hydrogen-bond acceptors (Lipinski definition) is 4. The maximum Gasteiger partial charge on any atom is 0.255 e. The average molecular weight is 894 g/mol. The number of nitrogens with one attached hydrogen (secondary N) is 1. The van der Waals surface area contributed by atoms with Crippen LogP contribution in [0.4, 0.5) is 14.5 Å². The summed E-state index contributed by atoms with van der Waals surface area (Å²) >= 11 is 0. The molecule has 67 heavy (non-hydrogen) atoms. The zero-order valence-electron chi connectivity index (χ0n) is 39.0. The Labute approximate surface area is 392 Å². The first-order valence-electron chi connectivity index (χ1n) is 23.8. The van der Waals surface area contributed by atoms with Crippen molar-refractivity contribution < 1.29 is 27.8 Å². The molecule has 7 aromatic carbocycles. The molecule has 10 rings (SSSR count). The number of hydrogen-bond donors (Lipinski definition) is 1. The fourth-order valence-corrected chi connectivity index (χ4v) is 11.2. The Morgan fingerprint density at radius 2 is 1.39 bits per heavy atom. The van der Waals surface area contributed by atoms with Crippen LogP contribution in [-0.4, -0.2) is 20.1 Å². The van der Waals surface area contributed by atoms with Crippen LogP contribution in [0.15, 0.2) is 133 Å². The van der Waals surface area contributed by atoms with Crippen molar-refractivity contribution in [2.24, 2.45) is 5.92 Å². The Morgan fingerprint density at radius 1 is 0.746 bits per heavy atom. The molecule has 1 heterocycles. The number of halogens is 2. The molecule has 1 amide bonds. The molecule has 0 unspecified atom stereocenters. The fraction of sp³-hybridized carbons (Fsp3) is 0.283. The number of amides is 1. The fourth-order valence-electron chi connectivity index (χ4n) is 11.2. The van der Waals surface area contributed by atoms with Crippen molar-refractivity contribution in [1.82, 2.24) is 0 Å². The Hall–Kier alpha value is -6.73. The van der Waals surface area contributed by atoms with E-state index in [0.29, 0.717) is 39.8 Å². The maximum atomic E-state index is 16.6. The van der Waals surface area contributed by atoms with Crippen molar-refractivity contribution >= 4 is 28.4 Å². The molecule has 0 saturated heterocycles. The number of benzene rings is 7. The second-order valence-electron chi connectivity index (χ2n) is 19.2. The molecular formula is C60H57F2NO4. The van der Waals surface area contributed by atoms with Crippen molar-refractivity contribution in [2.75, 3.05) is 19.5 Å². The monoisotopic (exact) mass is 893 g/mol. The molecule has 0 spiro atoms. The normalized spacial score (nSPS) is 17.5. The molecule has 5 nitrogen and oxygen atoms in total. The van der Waals surface area contributed by atoms with E-state index < -0.39 is 22.7 Å². The molecule has 7 heteroatoms. The summed E-state index contributed by atoms with van der Waals surface area (Å²) in [5.74, 6) is 1.66. The first kappa shape index (κ1) is 44.1. The van der Waals surface area contributed by atoms with Crippen LogP contribution in [0.25, 0.3) is 39.1 Å². The molecular weight excluding hydrogens is 837 g/mol. The molecule has 1 fully saturated rings. The zero-order valence-corrected chi connectivity index (χ0v) is 39.0. The van der Waals surface area contributed by atoms with E-state index in [-0.39, 0.29) is 11.3 Å². The predicted octanol–water partition coefficient (Wildman–Crippen LogP) is 15.6. The van der Waals surface area contributed by atoms with Crippen LogP contribution in [0.5, 0.6) is 17.2 Å². The van der Waals surface area contributed by atoms with E-state index in [1.807, 2.05) is 97.1 Å². The van der Waals surface area contributed by atoms with Gasteiger partial charge in [0.25, 0.3) is 5.91 Å². The number of fused-ring (bicyclic) bond motifs is 8. The highest BCUT2D eigenvalue weighted by Gasteiger charge is 2.45. The lowest BCUT2D eigenvalue weighted by molar-refractivity contribution is 0.102. The summed E-state index contributed by atoms with van der Waals surface area (Å²) in [6.45, 7) is 6.59. The summed E-state index contributed by atoms with van der Waals surface area (Å²) in [7, 11) is 3.24. The van der Waals surface area contributed by atoms with Gasteiger partial charge in [-0.25, -0.2) is 8.78 Å². The minimum absolute atomic E-state index is 0.145. The number of ether oxygens (including phenoxy) is 3. The van der Waals surface area contributed by atoms with Crippen molar-refractivity contribution in [3.63, 3.8) is 0 Å². The van der Waals surface area contributed by atoms with Gasteiger partial charge in [0, 0.05) is 39.4 Å². The van der Waals surface area contributed by atoms with E-state index in [0.717, 1.165) is 62.1 Å². The van der Waals surface area contributed by atoms with Gasteiger partial charge >= 0.3 is 0 Å². The van der Waals surface area contributed by atoms with Gasteiger partial charge in [-0.3, -0.25) is 4.79 Å². The van der Waals surface area contributed by atoms with Crippen LogP contribution >= 0.6 is 0 Å². The first-order chi connectivity index (χ1) is 32.5. The third-order valence-corrected chi connectivity index (χ3v) is 14.9. The van der Waals surface area contributed by atoms with E-state index >= 15 is 8.78 Å². The summed E-state index contributed by atoms with van der Waals surface area (Å²) in [5, 5.41) is 3.75. The third kappa shape index (κ3) is 7.96. The van der Waals surface area contributed by atoms with Gasteiger partial charge in [-0.2, -0.15) is 0 Å². The molecule has 7 aromatic rings. The van der Waals surface area contributed by atoms with Crippen LogP contribution in [0.2, 0.25) is 0 Å². The van der Waals surface area contributed by atoms with Gasteiger partial charge in [0.2, 0.25) is 0 Å². The lowest BCUT2D eigenvalue weighted by atomic mass is 9.76. The lowest BCUT2D eigenvalue weighted by Gasteiger charge is -2.38. The molecule has 0 atom stereocenters. The second kappa shape index (κ2) is 17.8. The highest BCUT2D eigenvalue weighted by molar-refractivity contribution is 6.09. The van der Waals surface area contributed by atoms with Gasteiger partial charge in [-0.1, -0.05) is 113 Å². The smallest absolute Gasteiger partial charge is 0.255 e. The van der Waals surface area contributed by atoms with Gasteiger partial charge in [0.1, 0.15) is 28.9 Å². The molecule has 0 aromatic heterocycles. The quantitative estimate of drug-likeness (QED) is 0.124. The van der Waals surface area contributed by atoms with Crippen molar-refractivity contribution in [3.05, 3.63) is 184 Å². The number of methoxy groups -OCH3 is 2. The summed E-state index contributed by atoms with van der Waals surface area (Å²) in [5.41, 5.74) is 8.88. The Morgan fingerprint density at radius 3 is 2.01 bits per heavy atom. The van der Waals surface area contributed by atoms with E-state index in [1.54, 1.807) is 14.2 Å². The highest BCUT2D eigenvalue weighted by atomic mass is 19.1. The molecule has 0 radical (unpaired) electrons. The average Bonchev–Trinajstić information content (AvgIpc) is 3.60. The largest absolute Gasteiger partial charge is 0.497 e. The highest BCUT2D eigenvalue weighted by Crippen LogP contribution is 2.59. The Bertz CT molecular complexity index is 2950. The van der Waals surface area contributed by atoms with E-state index in [1.165, 1.54) is 63.0 Å². The lowest BCUT2D eigenvalue weighted by Crippen LogP contribution is -2.35. The number of rotatable bonds is 12. The van der Waals surface area contributed by atoms with Gasteiger partial charge in [-0.15, -0.1) is 0 Å². The van der Waals surface area contributed by atoms with E-state index in [2.05, 4.69) is 56.4 Å². The van der Waals surface area contributed by atoms with E-state index in [9.17, 15) is 4.79 Å². The zero-order chi connectivity index (χ0) is 46.5. The van der Waals surface area contributed by atoms with Crippen molar-refractivity contribution in [3.8, 4) is 39.5 Å². The third-order valence-electron chi connectivity index (χ3n) is 14.9. The van der Waals surface area contributed by atoms with E-state index in [4.69, 9.17) is 14.2 Å². The topological polar surface area (TPSA) is 56.8 Å². The van der Waals surface area contributed by atoms with Gasteiger partial charge < -0.3 is 19.5 Å².